The number of rotatable bonds is 4. The van der Waals surface area contributed by atoms with Crippen LogP contribution in [0.25, 0.3) is 0 Å². The minimum Gasteiger partial charge on any atom is -0.481 e. The van der Waals surface area contributed by atoms with Gasteiger partial charge in [0.1, 0.15) is 0 Å². The van der Waals surface area contributed by atoms with Crippen molar-refractivity contribution in [1.82, 2.24) is 0 Å². The number of primary amides is 1. The quantitative estimate of drug-likeness (QED) is 0.805. The number of carbonyl (C=O) groups is 2. The van der Waals surface area contributed by atoms with E-state index in [0.29, 0.717) is 5.56 Å². The Hall–Kier alpha value is -1.84. The monoisotopic (exact) mass is 221 g/mol. The maximum Gasteiger partial charge on any atom is 0.311 e. The second-order valence-electron chi connectivity index (χ2n) is 3.87. The number of hydrogen-bond acceptors (Lipinski definition) is 2. The standard InChI is InChI=1S/C12H15NO3/c1-7-4-3-5-8(2)11(7)9(12(15)16)6-10(13)14/h3-5,9H,6H2,1-2H3,(H2,13,14)(H,15,16). The fraction of sp³-hybridized carbons (Fsp3) is 0.333. The third-order valence-electron chi connectivity index (χ3n) is 2.59. The van der Waals surface area contributed by atoms with Crippen LogP contribution in [0.5, 0.6) is 0 Å². The molecule has 0 radical (unpaired) electrons. The minimum atomic E-state index is -1.02. The highest BCUT2D eigenvalue weighted by Crippen LogP contribution is 2.26. The van der Waals surface area contributed by atoms with Gasteiger partial charge >= 0.3 is 5.97 Å². The van der Waals surface area contributed by atoms with E-state index >= 15 is 0 Å². The Kier molecular flexibility index (Phi) is 3.66. The van der Waals surface area contributed by atoms with Gasteiger partial charge in [-0.1, -0.05) is 18.2 Å². The van der Waals surface area contributed by atoms with Crippen LogP contribution < -0.4 is 5.73 Å². The van der Waals surface area contributed by atoms with Crippen LogP contribution in [0, 0.1) is 13.8 Å². The van der Waals surface area contributed by atoms with Crippen LogP contribution in [0.15, 0.2) is 18.2 Å². The maximum absolute atomic E-state index is 11.1. The average molecular weight is 221 g/mol. The number of aryl methyl sites for hydroxylation is 2. The molecule has 1 rings (SSSR count). The van der Waals surface area contributed by atoms with Crippen LogP contribution in [-0.4, -0.2) is 17.0 Å². The summed E-state index contributed by atoms with van der Waals surface area (Å²) in [4.78, 5) is 22.0. The molecule has 1 unspecified atom stereocenters. The highest BCUT2D eigenvalue weighted by Gasteiger charge is 2.24. The molecule has 1 atom stereocenters. The van der Waals surface area contributed by atoms with Crippen molar-refractivity contribution >= 4 is 11.9 Å². The van der Waals surface area contributed by atoms with Crippen LogP contribution >= 0.6 is 0 Å². The molecule has 0 aliphatic heterocycles. The van der Waals surface area contributed by atoms with Crippen molar-refractivity contribution < 1.29 is 14.7 Å². The van der Waals surface area contributed by atoms with Crippen molar-refractivity contribution in [2.45, 2.75) is 26.2 Å². The number of carboxylic acids is 1. The normalized spacial score (nSPS) is 12.1. The molecule has 0 bridgehead atoms. The summed E-state index contributed by atoms with van der Waals surface area (Å²) in [5.41, 5.74) is 7.49. The van der Waals surface area contributed by atoms with E-state index in [9.17, 15) is 9.59 Å². The molecular weight excluding hydrogens is 206 g/mol. The summed E-state index contributed by atoms with van der Waals surface area (Å²) < 4.78 is 0. The van der Waals surface area contributed by atoms with Crippen LogP contribution in [0.1, 0.15) is 29.0 Å². The molecule has 0 saturated heterocycles. The zero-order valence-electron chi connectivity index (χ0n) is 9.36. The average Bonchev–Trinajstić information content (AvgIpc) is 2.15. The van der Waals surface area contributed by atoms with Crippen molar-refractivity contribution in [2.75, 3.05) is 0 Å². The molecule has 1 aromatic carbocycles. The van der Waals surface area contributed by atoms with Crippen molar-refractivity contribution in [1.29, 1.82) is 0 Å². The summed E-state index contributed by atoms with van der Waals surface area (Å²) in [7, 11) is 0. The predicted molar refractivity (Wildman–Crippen MR) is 60.1 cm³/mol. The molecular formula is C12H15NO3. The Morgan fingerprint density at radius 1 is 1.31 bits per heavy atom. The van der Waals surface area contributed by atoms with E-state index in [1.807, 2.05) is 32.0 Å². The van der Waals surface area contributed by atoms with Gasteiger partial charge in [-0.3, -0.25) is 9.59 Å². The van der Waals surface area contributed by atoms with Crippen LogP contribution in [0.4, 0.5) is 0 Å². The summed E-state index contributed by atoms with van der Waals surface area (Å²) in [5, 5.41) is 9.12. The number of hydrogen-bond donors (Lipinski definition) is 2. The Morgan fingerprint density at radius 3 is 2.19 bits per heavy atom. The van der Waals surface area contributed by atoms with Gasteiger partial charge in [-0.05, 0) is 30.5 Å². The molecule has 0 aromatic heterocycles. The molecule has 0 heterocycles. The lowest BCUT2D eigenvalue weighted by molar-refractivity contribution is -0.140. The van der Waals surface area contributed by atoms with Crippen molar-refractivity contribution in [3.8, 4) is 0 Å². The summed E-state index contributed by atoms with van der Waals surface area (Å²) >= 11 is 0. The van der Waals surface area contributed by atoms with E-state index in [-0.39, 0.29) is 6.42 Å². The molecule has 0 saturated carbocycles. The van der Waals surface area contributed by atoms with Gasteiger partial charge in [0, 0.05) is 6.42 Å². The molecule has 0 aliphatic carbocycles. The first-order valence-electron chi connectivity index (χ1n) is 5.00. The Balaban J connectivity index is 3.20. The summed E-state index contributed by atoms with van der Waals surface area (Å²) in [5.74, 6) is -2.47. The SMILES string of the molecule is Cc1cccc(C)c1C(CC(N)=O)C(=O)O. The number of carbonyl (C=O) groups excluding carboxylic acids is 1. The Bertz CT molecular complexity index is 406. The van der Waals surface area contributed by atoms with Gasteiger partial charge < -0.3 is 10.8 Å². The lowest BCUT2D eigenvalue weighted by Gasteiger charge is -2.16. The van der Waals surface area contributed by atoms with Gasteiger partial charge in [0.25, 0.3) is 0 Å². The van der Waals surface area contributed by atoms with E-state index in [1.165, 1.54) is 0 Å². The fourth-order valence-electron chi connectivity index (χ4n) is 1.89. The lowest BCUT2D eigenvalue weighted by Crippen LogP contribution is -2.22. The topological polar surface area (TPSA) is 80.4 Å². The van der Waals surface area contributed by atoms with E-state index in [1.54, 1.807) is 0 Å². The molecule has 0 spiro atoms. The van der Waals surface area contributed by atoms with Gasteiger partial charge in [0.05, 0.1) is 5.92 Å². The minimum absolute atomic E-state index is 0.166. The molecule has 3 N–H and O–H groups in total. The third-order valence-corrected chi connectivity index (χ3v) is 2.59. The summed E-state index contributed by atoms with van der Waals surface area (Å²) in [6, 6.07) is 5.52. The van der Waals surface area contributed by atoms with Gasteiger partial charge in [-0.2, -0.15) is 0 Å². The van der Waals surface area contributed by atoms with Crippen molar-refractivity contribution in [2.24, 2.45) is 5.73 Å². The first-order valence-corrected chi connectivity index (χ1v) is 5.00. The second kappa shape index (κ2) is 4.79. The van der Waals surface area contributed by atoms with E-state index in [0.717, 1.165) is 11.1 Å². The summed E-state index contributed by atoms with van der Waals surface area (Å²) in [6.45, 7) is 3.67. The van der Waals surface area contributed by atoms with Gasteiger partial charge in [-0.25, -0.2) is 0 Å². The van der Waals surface area contributed by atoms with E-state index < -0.39 is 17.8 Å². The zero-order chi connectivity index (χ0) is 12.3. The molecule has 0 aliphatic rings. The fourth-order valence-corrected chi connectivity index (χ4v) is 1.89. The number of nitrogens with two attached hydrogens (primary N) is 1. The molecule has 86 valence electrons. The largest absolute Gasteiger partial charge is 0.481 e. The van der Waals surface area contributed by atoms with Crippen LogP contribution in [-0.2, 0) is 9.59 Å². The number of carboxylic acid groups (broad SMARTS) is 1. The van der Waals surface area contributed by atoms with E-state index in [2.05, 4.69) is 0 Å². The van der Waals surface area contributed by atoms with Crippen LogP contribution in [0.2, 0.25) is 0 Å². The summed E-state index contributed by atoms with van der Waals surface area (Å²) in [6.07, 6.45) is -0.166. The van der Waals surface area contributed by atoms with Gasteiger partial charge in [-0.15, -0.1) is 0 Å². The first-order chi connectivity index (χ1) is 7.43. The number of amides is 1. The Labute approximate surface area is 94.1 Å². The van der Waals surface area contributed by atoms with Crippen molar-refractivity contribution in [3.63, 3.8) is 0 Å². The maximum atomic E-state index is 11.1. The predicted octanol–water partition coefficient (Wildman–Crippen LogP) is 1.35. The lowest BCUT2D eigenvalue weighted by atomic mass is 9.88. The molecule has 4 heteroatoms. The van der Waals surface area contributed by atoms with Crippen molar-refractivity contribution in [3.05, 3.63) is 34.9 Å². The zero-order valence-corrected chi connectivity index (χ0v) is 9.36. The first kappa shape index (κ1) is 12.2. The molecule has 4 nitrogen and oxygen atoms in total. The number of benzene rings is 1. The molecule has 1 amide bonds. The molecule has 16 heavy (non-hydrogen) atoms. The highest BCUT2D eigenvalue weighted by atomic mass is 16.4. The van der Waals surface area contributed by atoms with Crippen LogP contribution in [0.3, 0.4) is 0 Å². The Morgan fingerprint density at radius 2 is 1.81 bits per heavy atom. The number of aliphatic carboxylic acids is 1. The smallest absolute Gasteiger partial charge is 0.311 e. The van der Waals surface area contributed by atoms with E-state index in [4.69, 9.17) is 10.8 Å². The van der Waals surface area contributed by atoms with Gasteiger partial charge in [0.15, 0.2) is 0 Å². The second-order valence-corrected chi connectivity index (χ2v) is 3.87. The van der Waals surface area contributed by atoms with Gasteiger partial charge in [0.2, 0.25) is 5.91 Å². The third kappa shape index (κ3) is 2.59. The highest BCUT2D eigenvalue weighted by molar-refractivity contribution is 5.85. The molecule has 1 aromatic rings. The molecule has 0 fully saturated rings.